The quantitative estimate of drug-likeness (QED) is 0.230. The molecule has 0 heterocycles. The summed E-state index contributed by atoms with van der Waals surface area (Å²) in [4.78, 5) is 0. The van der Waals surface area contributed by atoms with Gasteiger partial charge < -0.3 is 0 Å². The third-order valence-electron chi connectivity index (χ3n) is 3.28. The van der Waals surface area contributed by atoms with E-state index in [1.165, 1.54) is 25.7 Å². The van der Waals surface area contributed by atoms with Gasteiger partial charge in [-0.05, 0) is 44.9 Å². The van der Waals surface area contributed by atoms with Crippen molar-refractivity contribution in [3.05, 3.63) is 67.7 Å². The molecular formula is C22H35. The highest BCUT2D eigenvalue weighted by Crippen LogP contribution is 2.03. The maximum Gasteiger partial charge on any atom is -0.0169 e. The molecule has 0 bridgehead atoms. The zero-order valence-corrected chi connectivity index (χ0v) is 14.6. The smallest absolute Gasteiger partial charge is 0.0169 e. The van der Waals surface area contributed by atoms with Crippen LogP contribution in [0.3, 0.4) is 0 Å². The minimum absolute atomic E-state index is 1.04. The van der Waals surface area contributed by atoms with Gasteiger partial charge in [-0.2, -0.15) is 0 Å². The molecule has 123 valence electrons. The second-order valence-corrected chi connectivity index (χ2v) is 5.41. The lowest BCUT2D eigenvalue weighted by Gasteiger charge is -1.93. The van der Waals surface area contributed by atoms with Crippen LogP contribution in [0.25, 0.3) is 0 Å². The SMILES string of the molecule is [CH2]CCCCC/C=C/C/C=C/C/C=C/C/C=C/C/C=C/CC. The van der Waals surface area contributed by atoms with Gasteiger partial charge in [-0.3, -0.25) is 0 Å². The minimum atomic E-state index is 1.04. The van der Waals surface area contributed by atoms with E-state index in [1.807, 2.05) is 0 Å². The van der Waals surface area contributed by atoms with Gasteiger partial charge in [-0.25, -0.2) is 0 Å². The highest BCUT2D eigenvalue weighted by molar-refractivity contribution is 5.00. The summed E-state index contributed by atoms with van der Waals surface area (Å²) in [6.45, 7) is 6.03. The highest BCUT2D eigenvalue weighted by atomic mass is 13.9. The highest BCUT2D eigenvalue weighted by Gasteiger charge is 1.83. The van der Waals surface area contributed by atoms with Gasteiger partial charge in [-0.15, -0.1) is 0 Å². The lowest BCUT2D eigenvalue weighted by Crippen LogP contribution is -1.73. The summed E-state index contributed by atoms with van der Waals surface area (Å²) in [7, 11) is 0. The van der Waals surface area contributed by atoms with Crippen molar-refractivity contribution in [1.29, 1.82) is 0 Å². The summed E-state index contributed by atoms with van der Waals surface area (Å²) in [6.07, 6.45) is 34.0. The van der Waals surface area contributed by atoms with E-state index in [1.54, 1.807) is 0 Å². The van der Waals surface area contributed by atoms with E-state index in [2.05, 4.69) is 74.6 Å². The molecule has 0 aliphatic carbocycles. The number of hydrogen-bond acceptors (Lipinski definition) is 0. The first kappa shape index (κ1) is 20.7. The van der Waals surface area contributed by atoms with Crippen LogP contribution in [0.4, 0.5) is 0 Å². The molecule has 1 radical (unpaired) electrons. The Morgan fingerprint density at radius 3 is 1.45 bits per heavy atom. The molecule has 0 heteroatoms. The molecule has 0 nitrogen and oxygen atoms in total. The molecule has 0 spiro atoms. The fourth-order valence-electron chi connectivity index (χ4n) is 1.98. The maximum absolute atomic E-state index is 3.86. The average molecular weight is 300 g/mol. The Hall–Kier alpha value is -1.30. The molecule has 0 aliphatic heterocycles. The lowest BCUT2D eigenvalue weighted by molar-refractivity contribution is 0.694. The summed E-state index contributed by atoms with van der Waals surface area (Å²) in [5.74, 6) is 0. The van der Waals surface area contributed by atoms with Crippen LogP contribution in [0.5, 0.6) is 0 Å². The van der Waals surface area contributed by atoms with Crippen LogP contribution in [-0.2, 0) is 0 Å². The molecule has 22 heavy (non-hydrogen) atoms. The largest absolute Gasteiger partial charge is 0.0885 e. The summed E-state index contributed by atoms with van der Waals surface area (Å²) in [5.41, 5.74) is 0. The maximum atomic E-state index is 3.86. The molecule has 0 rings (SSSR count). The van der Waals surface area contributed by atoms with Crippen molar-refractivity contribution in [2.45, 2.75) is 71.1 Å². The van der Waals surface area contributed by atoms with E-state index in [0.29, 0.717) is 0 Å². The molecule has 0 aromatic rings. The second kappa shape index (κ2) is 19.7. The van der Waals surface area contributed by atoms with Crippen LogP contribution in [-0.4, -0.2) is 0 Å². The van der Waals surface area contributed by atoms with Gasteiger partial charge in [0.05, 0.1) is 0 Å². The van der Waals surface area contributed by atoms with E-state index < -0.39 is 0 Å². The molecule has 0 fully saturated rings. The lowest BCUT2D eigenvalue weighted by atomic mass is 10.1. The molecule has 0 amide bonds. The fraction of sp³-hybridized carbons (Fsp3) is 0.500. The normalized spacial score (nSPS) is 13.0. The van der Waals surface area contributed by atoms with Gasteiger partial charge in [0.2, 0.25) is 0 Å². The molecule has 0 saturated carbocycles. The Bertz CT molecular complexity index is 339. The first-order valence-electron chi connectivity index (χ1n) is 8.96. The van der Waals surface area contributed by atoms with E-state index in [9.17, 15) is 0 Å². The van der Waals surface area contributed by atoms with Gasteiger partial charge in [0.1, 0.15) is 0 Å². The van der Waals surface area contributed by atoms with E-state index >= 15 is 0 Å². The summed E-state index contributed by atoms with van der Waals surface area (Å²) in [6, 6.07) is 0. The second-order valence-electron chi connectivity index (χ2n) is 5.41. The van der Waals surface area contributed by atoms with Crippen molar-refractivity contribution in [2.75, 3.05) is 0 Å². The van der Waals surface area contributed by atoms with Gasteiger partial charge in [0.15, 0.2) is 0 Å². The number of unbranched alkanes of at least 4 members (excludes halogenated alkanes) is 4. The molecular weight excluding hydrogens is 264 g/mol. The van der Waals surface area contributed by atoms with Crippen LogP contribution >= 0.6 is 0 Å². The van der Waals surface area contributed by atoms with Gasteiger partial charge >= 0.3 is 0 Å². The predicted octanol–water partition coefficient (Wildman–Crippen LogP) is 7.52. The van der Waals surface area contributed by atoms with E-state index in [0.717, 1.165) is 38.5 Å². The average Bonchev–Trinajstić information content (AvgIpc) is 2.54. The zero-order chi connectivity index (χ0) is 16.1. The first-order chi connectivity index (χ1) is 10.9. The van der Waals surface area contributed by atoms with Crippen molar-refractivity contribution >= 4 is 0 Å². The Labute approximate surface area is 139 Å². The molecule has 0 aromatic carbocycles. The Kier molecular flexibility index (Phi) is 18.5. The first-order valence-corrected chi connectivity index (χ1v) is 8.96. The third kappa shape index (κ3) is 18.7. The van der Waals surface area contributed by atoms with E-state index in [4.69, 9.17) is 0 Å². The van der Waals surface area contributed by atoms with Gasteiger partial charge in [-0.1, -0.05) is 93.9 Å². The van der Waals surface area contributed by atoms with Crippen molar-refractivity contribution in [3.8, 4) is 0 Å². The van der Waals surface area contributed by atoms with Crippen LogP contribution in [0.1, 0.15) is 71.1 Å². The Morgan fingerprint density at radius 2 is 1.00 bits per heavy atom. The number of hydrogen-bond donors (Lipinski definition) is 0. The van der Waals surface area contributed by atoms with Crippen molar-refractivity contribution in [2.24, 2.45) is 0 Å². The van der Waals surface area contributed by atoms with Crippen LogP contribution in [0.2, 0.25) is 0 Å². The van der Waals surface area contributed by atoms with Crippen molar-refractivity contribution in [3.63, 3.8) is 0 Å². The number of allylic oxidation sites excluding steroid dienone is 10. The van der Waals surface area contributed by atoms with Crippen molar-refractivity contribution in [1.82, 2.24) is 0 Å². The molecule has 0 unspecified atom stereocenters. The van der Waals surface area contributed by atoms with E-state index in [-0.39, 0.29) is 0 Å². The monoisotopic (exact) mass is 299 g/mol. The minimum Gasteiger partial charge on any atom is -0.0885 e. The zero-order valence-electron chi connectivity index (χ0n) is 14.6. The summed E-state index contributed by atoms with van der Waals surface area (Å²) >= 11 is 0. The van der Waals surface area contributed by atoms with Crippen LogP contribution in [0.15, 0.2) is 60.8 Å². The van der Waals surface area contributed by atoms with Gasteiger partial charge in [0, 0.05) is 0 Å². The molecule has 0 aromatic heterocycles. The number of rotatable bonds is 14. The molecule has 0 atom stereocenters. The third-order valence-corrected chi connectivity index (χ3v) is 3.28. The molecule has 0 N–H and O–H groups in total. The summed E-state index contributed by atoms with van der Waals surface area (Å²) in [5, 5.41) is 0. The van der Waals surface area contributed by atoms with Crippen molar-refractivity contribution < 1.29 is 0 Å². The Morgan fingerprint density at radius 1 is 0.545 bits per heavy atom. The predicted molar refractivity (Wildman–Crippen MR) is 103 cm³/mol. The Balaban J connectivity index is 3.40. The summed E-state index contributed by atoms with van der Waals surface area (Å²) < 4.78 is 0. The van der Waals surface area contributed by atoms with Crippen LogP contribution < -0.4 is 0 Å². The topological polar surface area (TPSA) is 0 Å². The standard InChI is InChI=1S/C22H35/c1-3-5-7-9-11-13-15-17-19-21-22-20-18-16-14-12-10-8-6-4-2/h6,8,12-15,18-21H,1,3-5,7,9-11,16-17,22H2,2H3/b8-6+,14-12+,15-13+,20-18+,21-19+. The molecule has 0 aliphatic rings. The van der Waals surface area contributed by atoms with Crippen LogP contribution in [0, 0.1) is 6.92 Å². The fourth-order valence-corrected chi connectivity index (χ4v) is 1.98. The van der Waals surface area contributed by atoms with Gasteiger partial charge in [0.25, 0.3) is 0 Å². The molecule has 0 saturated heterocycles.